The molecular formula is C21H18N4O2. The Labute approximate surface area is 155 Å². The van der Waals surface area contributed by atoms with Crippen molar-refractivity contribution in [1.82, 2.24) is 14.8 Å². The first-order chi connectivity index (χ1) is 13.1. The molecule has 0 spiro atoms. The summed E-state index contributed by atoms with van der Waals surface area (Å²) in [7, 11) is 0. The smallest absolute Gasteiger partial charge is 0.250 e. The predicted octanol–water partition coefficient (Wildman–Crippen LogP) is 3.40. The van der Waals surface area contributed by atoms with E-state index < -0.39 is 0 Å². The number of fused-ring (bicyclic) bond motifs is 1. The quantitative estimate of drug-likeness (QED) is 0.587. The summed E-state index contributed by atoms with van der Waals surface area (Å²) >= 11 is 0. The molecule has 0 unspecified atom stereocenters. The minimum Gasteiger partial charge on any atom is -0.326 e. The van der Waals surface area contributed by atoms with E-state index in [1.165, 1.54) is 6.92 Å². The van der Waals surface area contributed by atoms with Gasteiger partial charge < -0.3 is 9.88 Å². The lowest BCUT2D eigenvalue weighted by atomic mass is 10.1. The van der Waals surface area contributed by atoms with Crippen LogP contribution >= 0.6 is 0 Å². The Hall–Kier alpha value is -3.67. The number of pyridine rings is 1. The van der Waals surface area contributed by atoms with Gasteiger partial charge in [0.05, 0.1) is 18.3 Å². The molecule has 0 fully saturated rings. The fraction of sp³-hybridized carbons (Fsp3) is 0.0952. The fourth-order valence-electron chi connectivity index (χ4n) is 3.09. The van der Waals surface area contributed by atoms with Gasteiger partial charge in [-0.05, 0) is 41.0 Å². The number of amides is 1. The molecule has 0 bridgehead atoms. The van der Waals surface area contributed by atoms with E-state index in [0.717, 1.165) is 27.6 Å². The molecule has 0 saturated heterocycles. The highest BCUT2D eigenvalue weighted by Crippen LogP contribution is 2.22. The number of hydrogen-bond acceptors (Lipinski definition) is 3. The largest absolute Gasteiger partial charge is 0.326 e. The molecule has 0 saturated carbocycles. The van der Waals surface area contributed by atoms with Gasteiger partial charge in [0.25, 0.3) is 5.56 Å². The Kier molecular flexibility index (Phi) is 4.30. The number of nitrogens with zero attached hydrogens (tertiary/aromatic N) is 2. The molecule has 1 amide bonds. The number of aromatic nitrogens is 3. The molecule has 0 aliphatic rings. The SMILES string of the molecule is CC(=O)Nc1cccc(Cn2cc(-c3ccc4cn[nH]c4c3)ccc2=O)c1. The maximum atomic E-state index is 12.3. The highest BCUT2D eigenvalue weighted by molar-refractivity contribution is 5.88. The topological polar surface area (TPSA) is 79.8 Å². The average molecular weight is 358 g/mol. The zero-order chi connectivity index (χ0) is 18.8. The van der Waals surface area contributed by atoms with Crippen LogP contribution in [-0.4, -0.2) is 20.7 Å². The molecule has 134 valence electrons. The number of carbonyl (C=O) groups excluding carboxylic acids is 1. The van der Waals surface area contributed by atoms with Crippen LogP contribution in [0.2, 0.25) is 0 Å². The van der Waals surface area contributed by atoms with Gasteiger partial charge in [0.15, 0.2) is 0 Å². The number of carbonyl (C=O) groups is 1. The fourth-order valence-corrected chi connectivity index (χ4v) is 3.09. The highest BCUT2D eigenvalue weighted by Gasteiger charge is 2.05. The summed E-state index contributed by atoms with van der Waals surface area (Å²) < 4.78 is 1.67. The van der Waals surface area contributed by atoms with Crippen LogP contribution in [0.4, 0.5) is 5.69 Å². The summed E-state index contributed by atoms with van der Waals surface area (Å²) in [4.78, 5) is 23.6. The van der Waals surface area contributed by atoms with Crippen molar-refractivity contribution in [2.45, 2.75) is 13.5 Å². The third kappa shape index (κ3) is 3.64. The van der Waals surface area contributed by atoms with Gasteiger partial charge in [-0.2, -0.15) is 5.10 Å². The molecule has 0 aliphatic heterocycles. The normalized spacial score (nSPS) is 10.9. The molecular weight excluding hydrogens is 340 g/mol. The van der Waals surface area contributed by atoms with Crippen molar-refractivity contribution in [2.24, 2.45) is 0 Å². The van der Waals surface area contributed by atoms with E-state index >= 15 is 0 Å². The van der Waals surface area contributed by atoms with Crippen molar-refractivity contribution < 1.29 is 4.79 Å². The molecule has 2 N–H and O–H groups in total. The lowest BCUT2D eigenvalue weighted by molar-refractivity contribution is -0.114. The van der Waals surface area contributed by atoms with E-state index in [1.807, 2.05) is 54.7 Å². The Bertz CT molecular complexity index is 1190. The number of anilines is 1. The van der Waals surface area contributed by atoms with Gasteiger partial charge in [0.2, 0.25) is 5.91 Å². The standard InChI is InChI=1S/C21H18N4O2/c1-14(26)23-19-4-2-3-15(9-19)12-25-13-18(7-8-21(25)27)16-5-6-17-11-22-24-20(17)10-16/h2-11,13H,12H2,1H3,(H,22,24)(H,23,26). The predicted molar refractivity (Wildman–Crippen MR) is 106 cm³/mol. The molecule has 6 nitrogen and oxygen atoms in total. The molecule has 6 heteroatoms. The van der Waals surface area contributed by atoms with E-state index in [9.17, 15) is 9.59 Å². The summed E-state index contributed by atoms with van der Waals surface area (Å²) in [6, 6.07) is 16.9. The van der Waals surface area contributed by atoms with E-state index in [4.69, 9.17) is 0 Å². The van der Waals surface area contributed by atoms with Crippen molar-refractivity contribution in [2.75, 3.05) is 5.32 Å². The molecule has 0 aliphatic carbocycles. The number of nitrogens with one attached hydrogen (secondary N) is 2. The monoisotopic (exact) mass is 358 g/mol. The number of benzene rings is 2. The van der Waals surface area contributed by atoms with Gasteiger partial charge in [-0.3, -0.25) is 14.7 Å². The van der Waals surface area contributed by atoms with Gasteiger partial charge >= 0.3 is 0 Å². The first kappa shape index (κ1) is 16.8. The molecule has 2 aromatic carbocycles. The van der Waals surface area contributed by atoms with Gasteiger partial charge in [0, 0.05) is 30.3 Å². The van der Waals surface area contributed by atoms with Crippen LogP contribution in [-0.2, 0) is 11.3 Å². The Morgan fingerprint density at radius 2 is 1.96 bits per heavy atom. The lowest BCUT2D eigenvalue weighted by Crippen LogP contribution is -2.19. The molecule has 27 heavy (non-hydrogen) atoms. The minimum absolute atomic E-state index is 0.0775. The second-order valence-corrected chi connectivity index (χ2v) is 6.44. The summed E-state index contributed by atoms with van der Waals surface area (Å²) in [5, 5.41) is 10.8. The van der Waals surface area contributed by atoms with E-state index in [-0.39, 0.29) is 11.5 Å². The van der Waals surface area contributed by atoms with Crippen molar-refractivity contribution in [3.8, 4) is 11.1 Å². The first-order valence-electron chi connectivity index (χ1n) is 8.59. The Morgan fingerprint density at radius 3 is 2.81 bits per heavy atom. The maximum absolute atomic E-state index is 12.3. The van der Waals surface area contributed by atoms with E-state index in [0.29, 0.717) is 12.2 Å². The van der Waals surface area contributed by atoms with E-state index in [1.54, 1.807) is 16.8 Å². The molecule has 0 atom stereocenters. The van der Waals surface area contributed by atoms with Crippen LogP contribution in [0.25, 0.3) is 22.0 Å². The summed E-state index contributed by atoms with van der Waals surface area (Å²) in [5.74, 6) is -0.125. The van der Waals surface area contributed by atoms with Crippen molar-refractivity contribution in [3.63, 3.8) is 0 Å². The zero-order valence-electron chi connectivity index (χ0n) is 14.8. The molecule has 2 aromatic heterocycles. The van der Waals surface area contributed by atoms with Crippen LogP contribution in [0.3, 0.4) is 0 Å². The number of H-pyrrole nitrogens is 1. The van der Waals surface area contributed by atoms with Crippen molar-refractivity contribution in [3.05, 3.63) is 82.9 Å². The van der Waals surface area contributed by atoms with Crippen molar-refractivity contribution >= 4 is 22.5 Å². The number of rotatable bonds is 4. The summed E-state index contributed by atoms with van der Waals surface area (Å²) in [6.07, 6.45) is 3.63. The summed E-state index contributed by atoms with van der Waals surface area (Å²) in [5.41, 5.74) is 4.48. The van der Waals surface area contributed by atoms with Gasteiger partial charge in [-0.25, -0.2) is 0 Å². The van der Waals surface area contributed by atoms with Crippen LogP contribution in [0.1, 0.15) is 12.5 Å². The minimum atomic E-state index is -0.125. The third-order valence-electron chi connectivity index (χ3n) is 4.36. The first-order valence-corrected chi connectivity index (χ1v) is 8.59. The van der Waals surface area contributed by atoms with Crippen molar-refractivity contribution in [1.29, 1.82) is 0 Å². The third-order valence-corrected chi connectivity index (χ3v) is 4.36. The highest BCUT2D eigenvalue weighted by atomic mass is 16.1. The summed E-state index contributed by atoms with van der Waals surface area (Å²) in [6.45, 7) is 1.89. The van der Waals surface area contributed by atoms with Crippen LogP contribution < -0.4 is 10.9 Å². The average Bonchev–Trinajstić information content (AvgIpc) is 3.11. The van der Waals surface area contributed by atoms with Gasteiger partial charge in [-0.15, -0.1) is 0 Å². The molecule has 4 rings (SSSR count). The molecule has 0 radical (unpaired) electrons. The van der Waals surface area contributed by atoms with E-state index in [2.05, 4.69) is 15.5 Å². The van der Waals surface area contributed by atoms with Crippen LogP contribution in [0, 0.1) is 0 Å². The maximum Gasteiger partial charge on any atom is 0.250 e. The van der Waals surface area contributed by atoms with Crippen LogP contribution in [0.15, 0.2) is 71.8 Å². The Morgan fingerprint density at radius 1 is 1.11 bits per heavy atom. The number of hydrogen-bond donors (Lipinski definition) is 2. The second kappa shape index (κ2) is 6.92. The van der Waals surface area contributed by atoms with Gasteiger partial charge in [-0.1, -0.05) is 24.3 Å². The molecule has 4 aromatic rings. The second-order valence-electron chi connectivity index (χ2n) is 6.44. The lowest BCUT2D eigenvalue weighted by Gasteiger charge is -2.10. The van der Waals surface area contributed by atoms with Gasteiger partial charge in [0.1, 0.15) is 0 Å². The number of aromatic amines is 1. The Balaban J connectivity index is 1.66. The van der Waals surface area contributed by atoms with Crippen LogP contribution in [0.5, 0.6) is 0 Å². The molecule has 2 heterocycles. The zero-order valence-corrected chi connectivity index (χ0v) is 14.8.